The number of aromatic nitrogens is 1. The van der Waals surface area contributed by atoms with Gasteiger partial charge in [0.2, 0.25) is 9.84 Å². The molecule has 0 spiro atoms. The van der Waals surface area contributed by atoms with Gasteiger partial charge in [0.25, 0.3) is 5.91 Å². The van der Waals surface area contributed by atoms with Crippen LogP contribution >= 0.6 is 11.3 Å². The van der Waals surface area contributed by atoms with Gasteiger partial charge in [-0.2, -0.15) is 0 Å². The van der Waals surface area contributed by atoms with Crippen molar-refractivity contribution in [2.45, 2.75) is 48.9 Å². The number of nitrogens with one attached hydrogen (secondary N) is 2. The lowest BCUT2D eigenvalue weighted by atomic mass is 10.0. The molecular weight excluding hydrogens is 474 g/mol. The van der Waals surface area contributed by atoms with Crippen LogP contribution in [0.3, 0.4) is 0 Å². The molecule has 1 aromatic heterocycles. The van der Waals surface area contributed by atoms with Crippen molar-refractivity contribution in [1.82, 2.24) is 15.6 Å². The zero-order chi connectivity index (χ0) is 24.9. The number of thiazole rings is 1. The van der Waals surface area contributed by atoms with E-state index in [4.69, 9.17) is 4.74 Å². The summed E-state index contributed by atoms with van der Waals surface area (Å²) in [7, 11) is -3.95. The summed E-state index contributed by atoms with van der Waals surface area (Å²) in [5, 5.41) is 5.69. The molecule has 2 amide bonds. The van der Waals surface area contributed by atoms with E-state index >= 15 is 0 Å². The number of nitrogens with zero attached hydrogens (tertiary/aromatic N) is 1. The van der Waals surface area contributed by atoms with Crippen molar-refractivity contribution in [3.8, 4) is 11.1 Å². The maximum absolute atomic E-state index is 13.4. The van der Waals surface area contributed by atoms with Gasteiger partial charge in [-0.3, -0.25) is 4.79 Å². The zero-order valence-corrected chi connectivity index (χ0v) is 21.0. The third-order valence-electron chi connectivity index (χ3n) is 4.50. The van der Waals surface area contributed by atoms with Gasteiger partial charge >= 0.3 is 6.09 Å². The number of carbonyl (C=O) groups excluding carboxylic acids is 2. The van der Waals surface area contributed by atoms with Crippen molar-refractivity contribution >= 4 is 33.2 Å². The van der Waals surface area contributed by atoms with E-state index in [-0.39, 0.29) is 27.1 Å². The monoisotopic (exact) mass is 501 g/mol. The Kier molecular flexibility index (Phi) is 7.73. The Morgan fingerprint density at radius 1 is 1.03 bits per heavy atom. The minimum Gasteiger partial charge on any atom is -0.444 e. The maximum atomic E-state index is 13.4. The van der Waals surface area contributed by atoms with E-state index in [9.17, 15) is 18.0 Å². The van der Waals surface area contributed by atoms with E-state index in [1.807, 2.05) is 30.3 Å². The van der Waals surface area contributed by atoms with Crippen LogP contribution in [0, 0.1) is 0 Å². The normalized spacial score (nSPS) is 11.6. The van der Waals surface area contributed by atoms with Crippen molar-refractivity contribution < 1.29 is 22.7 Å². The van der Waals surface area contributed by atoms with Crippen molar-refractivity contribution in [3.63, 3.8) is 0 Å². The van der Waals surface area contributed by atoms with Crippen LogP contribution in [-0.2, 0) is 21.1 Å². The van der Waals surface area contributed by atoms with Gasteiger partial charge in [-0.15, -0.1) is 11.3 Å². The average molecular weight is 502 g/mol. The first-order valence-electron chi connectivity index (χ1n) is 10.6. The molecule has 0 bridgehead atoms. The van der Waals surface area contributed by atoms with Crippen molar-refractivity contribution in [3.05, 3.63) is 65.3 Å². The van der Waals surface area contributed by atoms with Crippen molar-refractivity contribution in [2.24, 2.45) is 0 Å². The first-order chi connectivity index (χ1) is 16.0. The number of hydrogen-bond acceptors (Lipinski definition) is 7. The molecular formula is C24H27N3O5S2. The van der Waals surface area contributed by atoms with Gasteiger partial charge < -0.3 is 15.4 Å². The lowest BCUT2D eigenvalue weighted by molar-refractivity contribution is 0.0523. The van der Waals surface area contributed by atoms with Gasteiger partial charge in [-0.1, -0.05) is 30.3 Å². The number of ether oxygens (including phenoxy) is 1. The smallest absolute Gasteiger partial charge is 0.408 e. The minimum atomic E-state index is -3.95. The summed E-state index contributed by atoms with van der Waals surface area (Å²) in [4.78, 5) is 28.5. The number of hydrogen-bond donors (Lipinski definition) is 2. The topological polar surface area (TPSA) is 114 Å². The lowest BCUT2D eigenvalue weighted by Crippen LogP contribution is -2.32. The summed E-state index contributed by atoms with van der Waals surface area (Å²) < 4.78 is 32.0. The Bertz CT molecular complexity index is 1280. The molecule has 1 heterocycles. The van der Waals surface area contributed by atoms with Gasteiger partial charge in [0.05, 0.1) is 17.6 Å². The molecule has 180 valence electrons. The molecule has 3 rings (SSSR count). The third kappa shape index (κ3) is 6.42. The molecule has 0 atom stereocenters. The fourth-order valence-corrected chi connectivity index (χ4v) is 5.61. The van der Waals surface area contributed by atoms with Crippen molar-refractivity contribution in [1.29, 1.82) is 0 Å². The number of sulfone groups is 1. The van der Waals surface area contributed by atoms with E-state index in [0.29, 0.717) is 17.1 Å². The molecule has 0 saturated heterocycles. The summed E-state index contributed by atoms with van der Waals surface area (Å²) in [5.41, 5.74) is 1.00. The lowest BCUT2D eigenvalue weighted by Gasteiger charge is -2.19. The third-order valence-corrected chi connectivity index (χ3v) is 7.70. The van der Waals surface area contributed by atoms with Gasteiger partial charge in [0.15, 0.2) is 0 Å². The second-order valence-corrected chi connectivity index (χ2v) is 11.7. The standard InChI is InChI=1S/C24H27N3O5S2/c1-5-25-22(28)18-11-17(16-9-7-6-8-10-16)12-19(13-18)34(30,31)21-15-26-20(33-21)14-27-23(29)32-24(2,3)4/h6-13,15H,5,14H2,1-4H3,(H,25,28)(H,27,29). The maximum Gasteiger partial charge on any atom is 0.408 e. The van der Waals surface area contributed by atoms with Crippen LogP contribution in [0.2, 0.25) is 0 Å². The average Bonchev–Trinajstić information content (AvgIpc) is 3.27. The summed E-state index contributed by atoms with van der Waals surface area (Å²) >= 11 is 0.951. The Hall–Kier alpha value is -3.24. The second kappa shape index (κ2) is 10.4. The quantitative estimate of drug-likeness (QED) is 0.495. The fraction of sp³-hybridized carbons (Fsp3) is 0.292. The van der Waals surface area contributed by atoms with E-state index < -0.39 is 21.5 Å². The van der Waals surface area contributed by atoms with Crippen LogP contribution in [0.25, 0.3) is 11.1 Å². The first-order valence-corrected chi connectivity index (χ1v) is 12.9. The predicted molar refractivity (Wildman–Crippen MR) is 131 cm³/mol. The molecule has 8 nitrogen and oxygen atoms in total. The van der Waals surface area contributed by atoms with Gasteiger partial charge in [-0.05, 0) is 57.0 Å². The van der Waals surface area contributed by atoms with E-state index in [0.717, 1.165) is 16.9 Å². The van der Waals surface area contributed by atoms with Crippen LogP contribution in [-0.4, -0.2) is 37.5 Å². The highest BCUT2D eigenvalue weighted by Gasteiger charge is 2.24. The van der Waals surface area contributed by atoms with E-state index in [1.165, 1.54) is 12.3 Å². The summed E-state index contributed by atoms with van der Waals surface area (Å²) in [5.74, 6) is -0.358. The molecule has 2 aromatic carbocycles. The Balaban J connectivity index is 1.92. The molecule has 0 aliphatic rings. The van der Waals surface area contributed by atoms with E-state index in [2.05, 4.69) is 15.6 Å². The van der Waals surface area contributed by atoms with Crippen LogP contribution in [0.5, 0.6) is 0 Å². The highest BCUT2D eigenvalue weighted by molar-refractivity contribution is 7.93. The molecule has 2 N–H and O–H groups in total. The minimum absolute atomic E-state index is 0.00888. The van der Waals surface area contributed by atoms with Crippen LogP contribution in [0.15, 0.2) is 63.8 Å². The zero-order valence-electron chi connectivity index (χ0n) is 19.4. The van der Waals surface area contributed by atoms with Gasteiger partial charge in [-0.25, -0.2) is 18.2 Å². The number of carbonyl (C=O) groups is 2. The first kappa shape index (κ1) is 25.4. The number of alkyl carbamates (subject to hydrolysis) is 1. The second-order valence-electron chi connectivity index (χ2n) is 8.40. The molecule has 0 unspecified atom stereocenters. The van der Waals surface area contributed by atoms with E-state index in [1.54, 1.807) is 39.8 Å². The summed E-state index contributed by atoms with van der Waals surface area (Å²) in [6, 6.07) is 13.8. The molecule has 0 radical (unpaired) electrons. The highest BCUT2D eigenvalue weighted by Crippen LogP contribution is 2.31. The predicted octanol–water partition coefficient (Wildman–Crippen LogP) is 4.42. The Morgan fingerprint density at radius 2 is 1.74 bits per heavy atom. The molecule has 34 heavy (non-hydrogen) atoms. The molecule has 3 aromatic rings. The summed E-state index contributed by atoms with van der Waals surface area (Å²) in [6.07, 6.45) is 0.641. The molecule has 0 aliphatic heterocycles. The fourth-order valence-electron chi connectivity index (χ4n) is 3.02. The Labute approximate surface area is 203 Å². The molecule has 10 heteroatoms. The molecule has 0 aliphatic carbocycles. The largest absolute Gasteiger partial charge is 0.444 e. The molecule has 0 fully saturated rings. The van der Waals surface area contributed by atoms with Crippen molar-refractivity contribution in [2.75, 3.05) is 6.54 Å². The van der Waals surface area contributed by atoms with Gasteiger partial charge in [0, 0.05) is 12.1 Å². The SMILES string of the molecule is CCNC(=O)c1cc(-c2ccccc2)cc(S(=O)(=O)c2cnc(CNC(=O)OC(C)(C)C)s2)c1. The summed E-state index contributed by atoms with van der Waals surface area (Å²) in [6.45, 7) is 7.49. The van der Waals surface area contributed by atoms with Crippen LogP contribution < -0.4 is 10.6 Å². The molecule has 0 saturated carbocycles. The number of amides is 2. The highest BCUT2D eigenvalue weighted by atomic mass is 32.2. The number of rotatable bonds is 7. The Morgan fingerprint density at radius 3 is 2.38 bits per heavy atom. The van der Waals surface area contributed by atoms with Crippen LogP contribution in [0.1, 0.15) is 43.1 Å². The number of benzene rings is 2. The van der Waals surface area contributed by atoms with Crippen LogP contribution in [0.4, 0.5) is 4.79 Å². The van der Waals surface area contributed by atoms with Gasteiger partial charge in [0.1, 0.15) is 14.8 Å².